The van der Waals surface area contributed by atoms with Crippen molar-refractivity contribution < 1.29 is 24.3 Å². The molecule has 1 heterocycles. The molecule has 0 saturated carbocycles. The molecule has 2 aromatic carbocycles. The molecule has 3 rings (SSSR count). The molecule has 0 fully saturated rings. The largest absolute Gasteiger partial charge is 0.465 e. The molecule has 3 aromatic rings. The standard InChI is InChI=1S/C27H31N3O5S/c1-3-23(31)24(32)17-36-16-20(13-18-9-5-4-6-10-18)29-25(33)27(2,30-26(34)35)14-19-15-28-22-12-8-7-11-21(19)22/h4-12,15,20,28,30H,3,13-14,16-17H2,1-2H3,(H,29,33)(H,34,35)/t20-,27+/m1/s1. The summed E-state index contributed by atoms with van der Waals surface area (Å²) in [5.74, 6) is -0.896. The van der Waals surface area contributed by atoms with Crippen molar-refractivity contribution in [3.63, 3.8) is 0 Å². The van der Waals surface area contributed by atoms with Crippen LogP contribution in [0.1, 0.15) is 31.4 Å². The van der Waals surface area contributed by atoms with Gasteiger partial charge in [-0.1, -0.05) is 55.5 Å². The van der Waals surface area contributed by atoms with Crippen molar-refractivity contribution in [3.8, 4) is 0 Å². The number of aromatic amines is 1. The number of carboxylic acid groups (broad SMARTS) is 1. The van der Waals surface area contributed by atoms with E-state index in [1.165, 1.54) is 11.8 Å². The van der Waals surface area contributed by atoms with Gasteiger partial charge >= 0.3 is 6.09 Å². The Labute approximate surface area is 214 Å². The Morgan fingerprint density at radius 2 is 1.72 bits per heavy atom. The van der Waals surface area contributed by atoms with Gasteiger partial charge in [-0.25, -0.2) is 4.79 Å². The lowest BCUT2D eigenvalue weighted by Gasteiger charge is -2.31. The van der Waals surface area contributed by atoms with E-state index in [1.54, 1.807) is 20.0 Å². The van der Waals surface area contributed by atoms with E-state index >= 15 is 0 Å². The van der Waals surface area contributed by atoms with Gasteiger partial charge in [-0.15, -0.1) is 0 Å². The summed E-state index contributed by atoms with van der Waals surface area (Å²) in [6.07, 6.45) is 1.28. The minimum absolute atomic E-state index is 0.0355. The number of thioether (sulfide) groups is 1. The smallest absolute Gasteiger partial charge is 0.405 e. The molecule has 9 heteroatoms. The summed E-state index contributed by atoms with van der Waals surface area (Å²) >= 11 is 1.28. The number of hydrogen-bond acceptors (Lipinski definition) is 5. The fraction of sp³-hybridized carbons (Fsp3) is 0.333. The molecule has 2 atom stereocenters. The van der Waals surface area contributed by atoms with E-state index in [4.69, 9.17) is 0 Å². The minimum atomic E-state index is -1.44. The third kappa shape index (κ3) is 7.21. The molecule has 2 amide bonds. The predicted molar refractivity (Wildman–Crippen MR) is 141 cm³/mol. The van der Waals surface area contributed by atoms with Crippen LogP contribution >= 0.6 is 11.8 Å². The van der Waals surface area contributed by atoms with Crippen molar-refractivity contribution in [2.24, 2.45) is 0 Å². The van der Waals surface area contributed by atoms with Crippen LogP contribution in [-0.2, 0) is 27.2 Å². The molecule has 0 radical (unpaired) electrons. The van der Waals surface area contributed by atoms with Gasteiger partial charge in [0.05, 0.1) is 5.75 Å². The highest BCUT2D eigenvalue weighted by Crippen LogP contribution is 2.23. The summed E-state index contributed by atoms with van der Waals surface area (Å²) in [5.41, 5.74) is 1.26. The maximum Gasteiger partial charge on any atom is 0.405 e. The fourth-order valence-electron chi connectivity index (χ4n) is 4.04. The number of amides is 2. The highest BCUT2D eigenvalue weighted by atomic mass is 32.2. The lowest BCUT2D eigenvalue weighted by molar-refractivity contribution is -0.134. The van der Waals surface area contributed by atoms with Crippen molar-refractivity contribution in [3.05, 3.63) is 71.9 Å². The number of rotatable bonds is 13. The molecule has 1 aromatic heterocycles. The maximum absolute atomic E-state index is 13.5. The van der Waals surface area contributed by atoms with Crippen LogP contribution in [0.4, 0.5) is 4.79 Å². The Bertz CT molecular complexity index is 1230. The van der Waals surface area contributed by atoms with Gasteiger partial charge < -0.3 is 20.7 Å². The van der Waals surface area contributed by atoms with Gasteiger partial charge in [-0.3, -0.25) is 14.4 Å². The molecule has 0 aliphatic rings. The van der Waals surface area contributed by atoms with Crippen LogP contribution in [0.2, 0.25) is 0 Å². The third-order valence-electron chi connectivity index (χ3n) is 5.95. The van der Waals surface area contributed by atoms with Gasteiger partial charge in [0.15, 0.2) is 5.78 Å². The topological polar surface area (TPSA) is 128 Å². The number of para-hydroxylation sites is 1. The fourth-order valence-corrected chi connectivity index (χ4v) is 4.99. The number of fused-ring (bicyclic) bond motifs is 1. The molecule has 36 heavy (non-hydrogen) atoms. The lowest BCUT2D eigenvalue weighted by Crippen LogP contribution is -2.60. The zero-order valence-corrected chi connectivity index (χ0v) is 21.2. The Morgan fingerprint density at radius 1 is 1.03 bits per heavy atom. The summed E-state index contributed by atoms with van der Waals surface area (Å²) in [6.45, 7) is 3.21. The minimum Gasteiger partial charge on any atom is -0.465 e. The van der Waals surface area contributed by atoms with Crippen LogP contribution in [0, 0.1) is 0 Å². The first-order valence-corrected chi connectivity index (χ1v) is 12.9. The van der Waals surface area contributed by atoms with Crippen LogP contribution in [0.5, 0.6) is 0 Å². The maximum atomic E-state index is 13.5. The van der Waals surface area contributed by atoms with Gasteiger partial charge in [-0.05, 0) is 30.5 Å². The summed E-state index contributed by atoms with van der Waals surface area (Å²) in [4.78, 5) is 52.0. The SMILES string of the molecule is CCC(=O)C(=O)CSC[C@@H](Cc1ccccc1)NC(=O)[C@](C)(Cc1c[nH]c2ccccc12)NC(=O)O. The second-order valence-corrected chi connectivity index (χ2v) is 9.90. The Morgan fingerprint density at radius 3 is 2.42 bits per heavy atom. The lowest BCUT2D eigenvalue weighted by atomic mass is 9.91. The molecular formula is C27H31N3O5S. The molecule has 0 saturated heterocycles. The number of carbonyl (C=O) groups is 4. The van der Waals surface area contributed by atoms with Gasteiger partial charge in [0.25, 0.3) is 0 Å². The summed E-state index contributed by atoms with van der Waals surface area (Å²) in [6, 6.07) is 16.8. The molecule has 0 aliphatic carbocycles. The Kier molecular flexibility index (Phi) is 9.30. The third-order valence-corrected chi connectivity index (χ3v) is 7.05. The number of ketones is 2. The van der Waals surface area contributed by atoms with Crippen molar-refractivity contribution in [1.29, 1.82) is 0 Å². The highest BCUT2D eigenvalue weighted by molar-refractivity contribution is 8.00. The van der Waals surface area contributed by atoms with Crippen molar-refractivity contribution in [2.75, 3.05) is 11.5 Å². The number of nitrogens with one attached hydrogen (secondary N) is 3. The summed E-state index contributed by atoms with van der Waals surface area (Å²) in [5, 5.41) is 15.8. The zero-order chi connectivity index (χ0) is 26.1. The van der Waals surface area contributed by atoms with Gasteiger partial charge in [0.2, 0.25) is 11.7 Å². The molecule has 8 nitrogen and oxygen atoms in total. The van der Waals surface area contributed by atoms with E-state index < -0.39 is 29.1 Å². The van der Waals surface area contributed by atoms with E-state index in [0.717, 1.165) is 22.0 Å². The highest BCUT2D eigenvalue weighted by Gasteiger charge is 2.37. The van der Waals surface area contributed by atoms with E-state index in [9.17, 15) is 24.3 Å². The number of aromatic nitrogens is 1. The van der Waals surface area contributed by atoms with E-state index in [-0.39, 0.29) is 24.6 Å². The average molecular weight is 510 g/mol. The first-order chi connectivity index (χ1) is 17.2. The summed E-state index contributed by atoms with van der Waals surface area (Å²) in [7, 11) is 0. The van der Waals surface area contributed by atoms with Crippen molar-refractivity contribution >= 4 is 46.2 Å². The van der Waals surface area contributed by atoms with E-state index in [1.807, 2.05) is 54.6 Å². The second-order valence-electron chi connectivity index (χ2n) is 8.87. The van der Waals surface area contributed by atoms with Crippen molar-refractivity contribution in [2.45, 2.75) is 44.7 Å². The number of carbonyl (C=O) groups excluding carboxylic acids is 3. The molecule has 0 unspecified atom stereocenters. The van der Waals surface area contributed by atoms with Gasteiger partial charge in [0, 0.05) is 41.7 Å². The van der Waals surface area contributed by atoms with E-state index in [0.29, 0.717) is 12.2 Å². The first kappa shape index (κ1) is 27.0. The molecule has 0 aliphatic heterocycles. The van der Waals surface area contributed by atoms with Gasteiger partial charge in [-0.2, -0.15) is 11.8 Å². The van der Waals surface area contributed by atoms with Crippen molar-refractivity contribution in [1.82, 2.24) is 15.6 Å². The van der Waals surface area contributed by atoms with Crippen LogP contribution in [-0.4, -0.2) is 56.7 Å². The predicted octanol–water partition coefficient (Wildman–Crippen LogP) is 3.75. The number of H-pyrrole nitrogens is 1. The molecule has 0 spiro atoms. The summed E-state index contributed by atoms with van der Waals surface area (Å²) < 4.78 is 0. The Balaban J connectivity index is 1.78. The average Bonchev–Trinajstić information content (AvgIpc) is 3.25. The van der Waals surface area contributed by atoms with E-state index in [2.05, 4.69) is 15.6 Å². The van der Waals surface area contributed by atoms with Crippen LogP contribution in [0.3, 0.4) is 0 Å². The number of benzene rings is 2. The molecule has 190 valence electrons. The van der Waals surface area contributed by atoms with Crippen LogP contribution in [0.15, 0.2) is 60.8 Å². The molecule has 4 N–H and O–H groups in total. The number of hydrogen-bond donors (Lipinski definition) is 4. The first-order valence-electron chi connectivity index (χ1n) is 11.8. The normalized spacial score (nSPS) is 13.5. The zero-order valence-electron chi connectivity index (χ0n) is 20.4. The number of Topliss-reactive ketones (excluding diaryl/α,β-unsaturated/α-hetero) is 2. The molecular weight excluding hydrogens is 478 g/mol. The second kappa shape index (κ2) is 12.4. The quantitative estimate of drug-likeness (QED) is 0.260. The Hall–Kier alpha value is -3.59. The monoisotopic (exact) mass is 509 g/mol. The van der Waals surface area contributed by atoms with Crippen LogP contribution in [0.25, 0.3) is 10.9 Å². The van der Waals surface area contributed by atoms with Crippen LogP contribution < -0.4 is 10.6 Å². The van der Waals surface area contributed by atoms with Gasteiger partial charge in [0.1, 0.15) is 5.54 Å². The molecule has 0 bridgehead atoms.